The predicted molar refractivity (Wildman–Crippen MR) is 108 cm³/mol. The van der Waals surface area contributed by atoms with Gasteiger partial charge in [-0.05, 0) is 79.6 Å². The first-order valence-electron chi connectivity index (χ1n) is 8.55. The summed E-state index contributed by atoms with van der Waals surface area (Å²) in [5.41, 5.74) is 5.82. The van der Waals surface area contributed by atoms with Gasteiger partial charge in [0.15, 0.2) is 5.58 Å². The molecule has 1 N–H and O–H groups in total. The van der Waals surface area contributed by atoms with Crippen molar-refractivity contribution in [3.63, 3.8) is 0 Å². The molecule has 4 nitrogen and oxygen atoms in total. The van der Waals surface area contributed by atoms with Gasteiger partial charge in [-0.25, -0.2) is 4.98 Å². The minimum absolute atomic E-state index is 0.137. The van der Waals surface area contributed by atoms with E-state index < -0.39 is 0 Å². The molecule has 0 unspecified atom stereocenters. The van der Waals surface area contributed by atoms with E-state index in [1.54, 1.807) is 18.2 Å². The van der Waals surface area contributed by atoms with Crippen LogP contribution < -0.4 is 5.32 Å². The fourth-order valence-electron chi connectivity index (χ4n) is 2.81. The van der Waals surface area contributed by atoms with Gasteiger partial charge >= 0.3 is 0 Å². The summed E-state index contributed by atoms with van der Waals surface area (Å²) in [5.74, 6) is 0.377. The van der Waals surface area contributed by atoms with Crippen molar-refractivity contribution in [3.8, 4) is 11.5 Å². The number of aryl methyl sites for hydroxylation is 2. The van der Waals surface area contributed by atoms with Crippen LogP contribution in [0.4, 0.5) is 5.69 Å². The maximum Gasteiger partial charge on any atom is 0.255 e. The molecule has 0 radical (unpaired) electrons. The lowest BCUT2D eigenvalue weighted by molar-refractivity contribution is 0.102. The van der Waals surface area contributed by atoms with Gasteiger partial charge in [0.05, 0.1) is 0 Å². The van der Waals surface area contributed by atoms with E-state index >= 15 is 0 Å². The van der Waals surface area contributed by atoms with Gasteiger partial charge < -0.3 is 9.73 Å². The van der Waals surface area contributed by atoms with E-state index in [1.807, 2.05) is 56.3 Å². The number of halogens is 1. The average Bonchev–Trinajstić information content (AvgIpc) is 3.07. The predicted octanol–water partition coefficient (Wildman–Crippen LogP) is 6.02. The molecule has 0 atom stereocenters. The van der Waals surface area contributed by atoms with E-state index in [2.05, 4.69) is 10.3 Å². The Morgan fingerprint density at radius 2 is 1.74 bits per heavy atom. The number of oxazole rings is 1. The fraction of sp³-hybridized carbons (Fsp3) is 0.0909. The van der Waals surface area contributed by atoms with Crippen molar-refractivity contribution in [2.75, 3.05) is 5.32 Å². The van der Waals surface area contributed by atoms with E-state index in [0.29, 0.717) is 33.3 Å². The lowest BCUT2D eigenvalue weighted by Crippen LogP contribution is -2.12. The van der Waals surface area contributed by atoms with Crippen LogP contribution in [0.5, 0.6) is 0 Å². The fourth-order valence-corrected chi connectivity index (χ4v) is 2.97. The highest BCUT2D eigenvalue weighted by Crippen LogP contribution is 2.27. The van der Waals surface area contributed by atoms with Crippen molar-refractivity contribution in [3.05, 3.63) is 82.4 Å². The molecule has 1 heterocycles. The summed E-state index contributed by atoms with van der Waals surface area (Å²) in [7, 11) is 0. The van der Waals surface area contributed by atoms with Gasteiger partial charge in [0.25, 0.3) is 5.91 Å². The molecule has 0 aliphatic rings. The first-order valence-corrected chi connectivity index (χ1v) is 8.92. The molecule has 0 saturated carbocycles. The number of aromatic nitrogens is 1. The van der Waals surface area contributed by atoms with Crippen LogP contribution in [-0.4, -0.2) is 10.9 Å². The number of carbonyl (C=O) groups excluding carboxylic acids is 1. The minimum Gasteiger partial charge on any atom is -0.436 e. The van der Waals surface area contributed by atoms with Crippen LogP contribution in [0, 0.1) is 13.8 Å². The average molecular weight is 377 g/mol. The summed E-state index contributed by atoms with van der Waals surface area (Å²) in [5, 5.41) is 3.53. The summed E-state index contributed by atoms with van der Waals surface area (Å²) in [6.45, 7) is 4.02. The zero-order valence-electron chi connectivity index (χ0n) is 14.9. The van der Waals surface area contributed by atoms with Crippen molar-refractivity contribution in [2.24, 2.45) is 0 Å². The van der Waals surface area contributed by atoms with Gasteiger partial charge in [0.2, 0.25) is 5.89 Å². The zero-order valence-corrected chi connectivity index (χ0v) is 15.7. The monoisotopic (exact) mass is 376 g/mol. The molecule has 4 rings (SSSR count). The Kier molecular flexibility index (Phi) is 4.42. The largest absolute Gasteiger partial charge is 0.436 e. The highest BCUT2D eigenvalue weighted by molar-refractivity contribution is 6.31. The molecule has 0 fully saturated rings. The normalized spacial score (nSPS) is 10.9. The molecule has 5 heteroatoms. The molecule has 1 amide bonds. The summed E-state index contributed by atoms with van der Waals surface area (Å²) < 4.78 is 5.77. The van der Waals surface area contributed by atoms with E-state index in [9.17, 15) is 4.79 Å². The number of nitrogens with one attached hydrogen (secondary N) is 1. The number of nitrogens with zero attached hydrogens (tertiary/aromatic N) is 1. The van der Waals surface area contributed by atoms with Crippen LogP contribution >= 0.6 is 11.6 Å². The molecule has 1 aromatic heterocycles. The summed E-state index contributed by atoms with van der Waals surface area (Å²) >= 11 is 5.99. The van der Waals surface area contributed by atoms with Crippen molar-refractivity contribution in [2.45, 2.75) is 13.8 Å². The van der Waals surface area contributed by atoms with Gasteiger partial charge in [-0.15, -0.1) is 0 Å². The van der Waals surface area contributed by atoms with Crippen LogP contribution in [0.1, 0.15) is 21.5 Å². The van der Waals surface area contributed by atoms with Crippen molar-refractivity contribution < 1.29 is 9.21 Å². The second-order valence-corrected chi connectivity index (χ2v) is 6.90. The Bertz CT molecular complexity index is 1150. The number of hydrogen-bond donors (Lipinski definition) is 1. The number of anilines is 1. The van der Waals surface area contributed by atoms with Crippen molar-refractivity contribution >= 4 is 34.3 Å². The Morgan fingerprint density at radius 3 is 2.48 bits per heavy atom. The maximum atomic E-state index is 12.4. The Morgan fingerprint density at radius 1 is 0.963 bits per heavy atom. The number of amides is 1. The second kappa shape index (κ2) is 6.89. The van der Waals surface area contributed by atoms with Gasteiger partial charge in [0, 0.05) is 21.8 Å². The highest BCUT2D eigenvalue weighted by Gasteiger charge is 2.10. The van der Waals surface area contributed by atoms with Crippen LogP contribution in [-0.2, 0) is 0 Å². The first kappa shape index (κ1) is 17.3. The Labute approximate surface area is 161 Å². The van der Waals surface area contributed by atoms with Gasteiger partial charge in [-0.2, -0.15) is 0 Å². The van der Waals surface area contributed by atoms with Crippen LogP contribution in [0.2, 0.25) is 5.02 Å². The van der Waals surface area contributed by atoms with Crippen LogP contribution in [0.3, 0.4) is 0 Å². The van der Waals surface area contributed by atoms with Crippen LogP contribution in [0.25, 0.3) is 22.6 Å². The lowest BCUT2D eigenvalue weighted by Gasteiger charge is -2.07. The minimum atomic E-state index is -0.137. The molecule has 4 aromatic rings. The SMILES string of the molecule is Cc1ccc(C(=O)Nc2ccc(-c3nc4cc(Cl)ccc4o3)cc2)cc1C. The molecule has 0 aliphatic heterocycles. The first-order chi connectivity index (χ1) is 13.0. The smallest absolute Gasteiger partial charge is 0.255 e. The number of hydrogen-bond acceptors (Lipinski definition) is 3. The molecule has 0 bridgehead atoms. The summed E-state index contributed by atoms with van der Waals surface area (Å²) in [4.78, 5) is 16.9. The van der Waals surface area contributed by atoms with E-state index in [-0.39, 0.29) is 5.91 Å². The maximum absolute atomic E-state index is 12.4. The highest BCUT2D eigenvalue weighted by atomic mass is 35.5. The molecular weight excluding hydrogens is 360 g/mol. The second-order valence-electron chi connectivity index (χ2n) is 6.46. The summed E-state index contributed by atoms with van der Waals surface area (Å²) in [6.07, 6.45) is 0. The van der Waals surface area contributed by atoms with Gasteiger partial charge in [-0.1, -0.05) is 17.7 Å². The number of rotatable bonds is 3. The molecule has 0 spiro atoms. The van der Waals surface area contributed by atoms with Gasteiger partial charge in [-0.3, -0.25) is 4.79 Å². The third-order valence-electron chi connectivity index (χ3n) is 4.51. The molecule has 3 aromatic carbocycles. The lowest BCUT2D eigenvalue weighted by atomic mass is 10.1. The summed E-state index contributed by atoms with van der Waals surface area (Å²) in [6, 6.07) is 18.4. The van der Waals surface area contributed by atoms with E-state index in [1.165, 1.54) is 0 Å². The van der Waals surface area contributed by atoms with Gasteiger partial charge in [0.1, 0.15) is 5.52 Å². The molecule has 27 heavy (non-hydrogen) atoms. The number of fused-ring (bicyclic) bond motifs is 1. The molecular formula is C22H17ClN2O2. The van der Waals surface area contributed by atoms with E-state index in [4.69, 9.17) is 16.0 Å². The quantitative estimate of drug-likeness (QED) is 0.475. The third kappa shape index (κ3) is 3.57. The zero-order chi connectivity index (χ0) is 19.0. The molecule has 134 valence electrons. The van der Waals surface area contributed by atoms with Crippen molar-refractivity contribution in [1.29, 1.82) is 0 Å². The van der Waals surface area contributed by atoms with Crippen LogP contribution in [0.15, 0.2) is 65.1 Å². The standard InChI is InChI=1S/C22H17ClN2O2/c1-13-3-4-16(11-14(13)2)21(26)24-18-8-5-15(6-9-18)22-25-19-12-17(23)7-10-20(19)27-22/h3-12H,1-2H3,(H,24,26). The van der Waals surface area contributed by atoms with E-state index in [0.717, 1.165) is 16.7 Å². The Hall–Kier alpha value is -3.11. The third-order valence-corrected chi connectivity index (χ3v) is 4.74. The molecule has 0 saturated heterocycles. The number of carbonyl (C=O) groups is 1. The number of benzene rings is 3. The Balaban J connectivity index is 1.54. The molecule has 0 aliphatic carbocycles. The topological polar surface area (TPSA) is 55.1 Å². The van der Waals surface area contributed by atoms with Crippen molar-refractivity contribution in [1.82, 2.24) is 4.98 Å².